The van der Waals surface area contributed by atoms with E-state index in [1.165, 1.54) is 5.56 Å². The zero-order valence-corrected chi connectivity index (χ0v) is 20.9. The van der Waals surface area contributed by atoms with E-state index < -0.39 is 0 Å². The van der Waals surface area contributed by atoms with E-state index >= 15 is 0 Å². The van der Waals surface area contributed by atoms with Crippen molar-refractivity contribution in [2.45, 2.75) is 33.4 Å². The maximum atomic E-state index is 13.4. The predicted molar refractivity (Wildman–Crippen MR) is 141 cm³/mol. The molecule has 4 aromatic rings. The van der Waals surface area contributed by atoms with Crippen LogP contribution in [0.15, 0.2) is 78.9 Å². The minimum atomic E-state index is 0.0188. The summed E-state index contributed by atoms with van der Waals surface area (Å²) in [4.78, 5) is 27.0. The second-order valence-corrected chi connectivity index (χ2v) is 9.30. The number of hydrogen-bond donors (Lipinski definition) is 0. The lowest BCUT2D eigenvalue weighted by Gasteiger charge is -2.30. The van der Waals surface area contributed by atoms with Crippen LogP contribution in [0.3, 0.4) is 0 Å². The first-order valence-electron chi connectivity index (χ1n) is 12.2. The van der Waals surface area contributed by atoms with Crippen LogP contribution in [0.2, 0.25) is 0 Å². The quantitative estimate of drug-likeness (QED) is 0.355. The Hall–Kier alpha value is -4.19. The molecule has 0 atom stereocenters. The van der Waals surface area contributed by atoms with Crippen molar-refractivity contribution in [1.82, 2.24) is 14.9 Å². The minimum Gasteiger partial charge on any atom is -0.438 e. The monoisotopic (exact) mass is 478 g/mol. The molecular weight excluding hydrogens is 448 g/mol. The zero-order valence-electron chi connectivity index (χ0n) is 20.9. The Bertz CT molecular complexity index is 1370. The molecule has 0 saturated heterocycles. The fraction of sp³-hybridized carbons (Fsp3) is 0.233. The molecule has 6 heteroatoms. The van der Waals surface area contributed by atoms with Gasteiger partial charge in [-0.2, -0.15) is 4.98 Å². The van der Waals surface area contributed by atoms with Gasteiger partial charge >= 0.3 is 0 Å². The number of anilines is 1. The Kier molecular flexibility index (Phi) is 6.67. The number of benzene rings is 3. The molecule has 0 unspecified atom stereocenters. The van der Waals surface area contributed by atoms with Crippen LogP contribution in [0.5, 0.6) is 11.6 Å². The van der Waals surface area contributed by atoms with E-state index in [0.717, 1.165) is 27.9 Å². The van der Waals surface area contributed by atoms with Gasteiger partial charge in [0.15, 0.2) is 0 Å². The molecule has 1 aliphatic rings. The number of aryl methyl sites for hydroxylation is 2. The Balaban J connectivity index is 1.48. The van der Waals surface area contributed by atoms with Crippen LogP contribution in [-0.2, 0) is 19.5 Å². The fourth-order valence-corrected chi connectivity index (χ4v) is 4.43. The Morgan fingerprint density at radius 1 is 0.944 bits per heavy atom. The summed E-state index contributed by atoms with van der Waals surface area (Å²) in [6, 6.07) is 25.9. The van der Waals surface area contributed by atoms with E-state index in [-0.39, 0.29) is 5.91 Å². The molecule has 1 aliphatic heterocycles. The lowest BCUT2D eigenvalue weighted by Crippen LogP contribution is -2.37. The van der Waals surface area contributed by atoms with Crippen LogP contribution in [0.4, 0.5) is 5.95 Å². The molecule has 0 spiro atoms. The van der Waals surface area contributed by atoms with Crippen LogP contribution in [0, 0.1) is 13.8 Å². The average molecular weight is 479 g/mol. The van der Waals surface area contributed by atoms with Gasteiger partial charge < -0.3 is 14.5 Å². The minimum absolute atomic E-state index is 0.0188. The SMILES string of the molecule is Cc1ccc(Oc2nc(N(C)Cc3ccccc3)nc3c2CN(C(=O)c2ccccc2C)CC3)cc1. The molecule has 2 heterocycles. The van der Waals surface area contributed by atoms with Crippen molar-refractivity contribution in [3.63, 3.8) is 0 Å². The number of aromatic nitrogens is 2. The Labute approximate surface area is 212 Å². The largest absolute Gasteiger partial charge is 0.438 e. The van der Waals surface area contributed by atoms with Crippen molar-refractivity contribution in [2.24, 2.45) is 0 Å². The highest BCUT2D eigenvalue weighted by atomic mass is 16.5. The number of rotatable bonds is 6. The molecule has 1 amide bonds. The molecule has 1 aromatic heterocycles. The van der Waals surface area contributed by atoms with E-state index in [0.29, 0.717) is 43.6 Å². The number of amides is 1. The summed E-state index contributed by atoms with van der Waals surface area (Å²) < 4.78 is 6.31. The number of fused-ring (bicyclic) bond motifs is 1. The maximum absolute atomic E-state index is 13.4. The second-order valence-electron chi connectivity index (χ2n) is 9.30. The number of ether oxygens (including phenoxy) is 1. The predicted octanol–water partition coefficient (Wildman–Crippen LogP) is 5.72. The van der Waals surface area contributed by atoms with E-state index in [2.05, 4.69) is 12.1 Å². The van der Waals surface area contributed by atoms with Gasteiger partial charge in [-0.3, -0.25) is 4.79 Å². The van der Waals surface area contributed by atoms with Gasteiger partial charge in [-0.05, 0) is 43.2 Å². The lowest BCUT2D eigenvalue weighted by molar-refractivity contribution is 0.0731. The van der Waals surface area contributed by atoms with Gasteiger partial charge in [-0.15, -0.1) is 0 Å². The summed E-state index contributed by atoms with van der Waals surface area (Å²) >= 11 is 0. The van der Waals surface area contributed by atoms with Crippen LogP contribution in [-0.4, -0.2) is 34.4 Å². The van der Waals surface area contributed by atoms with E-state index in [1.807, 2.05) is 97.4 Å². The number of hydrogen-bond acceptors (Lipinski definition) is 5. The smallest absolute Gasteiger partial charge is 0.254 e. The molecular formula is C30H30N4O2. The fourth-order valence-electron chi connectivity index (χ4n) is 4.43. The standard InChI is InChI=1S/C30H30N4O2/c1-21-13-15-24(16-14-21)36-28-26-20-34(29(35)25-12-8-7-9-22(25)2)18-17-27(26)31-30(32-28)33(3)19-23-10-5-4-6-11-23/h4-16H,17-20H2,1-3H3. The molecule has 0 bridgehead atoms. The molecule has 0 saturated carbocycles. The van der Waals surface area contributed by atoms with Gasteiger partial charge in [-0.1, -0.05) is 66.2 Å². The summed E-state index contributed by atoms with van der Waals surface area (Å²) in [7, 11) is 1.99. The lowest BCUT2D eigenvalue weighted by atomic mass is 10.0. The molecule has 0 N–H and O–H groups in total. The van der Waals surface area contributed by atoms with Gasteiger partial charge in [0.1, 0.15) is 5.75 Å². The van der Waals surface area contributed by atoms with Gasteiger partial charge in [0, 0.05) is 32.1 Å². The summed E-state index contributed by atoms with van der Waals surface area (Å²) in [6.45, 7) is 5.70. The highest BCUT2D eigenvalue weighted by Crippen LogP contribution is 2.32. The first-order valence-corrected chi connectivity index (χ1v) is 12.2. The van der Waals surface area contributed by atoms with E-state index in [4.69, 9.17) is 14.7 Å². The Morgan fingerprint density at radius 2 is 1.67 bits per heavy atom. The Morgan fingerprint density at radius 3 is 2.42 bits per heavy atom. The highest BCUT2D eigenvalue weighted by molar-refractivity contribution is 5.95. The summed E-state index contributed by atoms with van der Waals surface area (Å²) in [5.41, 5.74) is 5.82. The highest BCUT2D eigenvalue weighted by Gasteiger charge is 2.28. The number of carbonyl (C=O) groups is 1. The third kappa shape index (κ3) is 5.08. The molecule has 0 fully saturated rings. The zero-order chi connectivity index (χ0) is 25.1. The van der Waals surface area contributed by atoms with Crippen LogP contribution < -0.4 is 9.64 Å². The second kappa shape index (κ2) is 10.2. The molecule has 5 rings (SSSR count). The molecule has 36 heavy (non-hydrogen) atoms. The summed E-state index contributed by atoms with van der Waals surface area (Å²) in [5, 5.41) is 0. The average Bonchev–Trinajstić information content (AvgIpc) is 2.90. The van der Waals surface area contributed by atoms with Crippen molar-refractivity contribution < 1.29 is 9.53 Å². The molecule has 3 aromatic carbocycles. The van der Waals surface area contributed by atoms with E-state index in [9.17, 15) is 4.79 Å². The van der Waals surface area contributed by atoms with Crippen LogP contribution >= 0.6 is 0 Å². The first kappa shape index (κ1) is 23.5. The van der Waals surface area contributed by atoms with Crippen molar-refractivity contribution in [3.05, 3.63) is 112 Å². The van der Waals surface area contributed by atoms with Gasteiger partial charge in [-0.25, -0.2) is 4.98 Å². The first-order chi connectivity index (χ1) is 17.5. The van der Waals surface area contributed by atoms with E-state index in [1.54, 1.807) is 0 Å². The summed E-state index contributed by atoms with van der Waals surface area (Å²) in [6.07, 6.45) is 0.645. The van der Waals surface area contributed by atoms with Crippen LogP contribution in [0.1, 0.15) is 38.3 Å². The molecule has 0 radical (unpaired) electrons. The van der Waals surface area contributed by atoms with Crippen molar-refractivity contribution in [1.29, 1.82) is 0 Å². The van der Waals surface area contributed by atoms with Gasteiger partial charge in [0.25, 0.3) is 5.91 Å². The number of carbonyl (C=O) groups excluding carboxylic acids is 1. The third-order valence-corrected chi connectivity index (χ3v) is 6.51. The van der Waals surface area contributed by atoms with Gasteiger partial charge in [0.2, 0.25) is 11.8 Å². The number of nitrogens with zero attached hydrogens (tertiary/aromatic N) is 4. The summed E-state index contributed by atoms with van der Waals surface area (Å²) in [5.74, 6) is 1.84. The molecule has 6 nitrogen and oxygen atoms in total. The molecule has 0 aliphatic carbocycles. The molecule has 182 valence electrons. The topological polar surface area (TPSA) is 58.6 Å². The third-order valence-electron chi connectivity index (χ3n) is 6.51. The van der Waals surface area contributed by atoms with Crippen molar-refractivity contribution in [3.8, 4) is 11.6 Å². The van der Waals surface area contributed by atoms with Crippen molar-refractivity contribution >= 4 is 11.9 Å². The van der Waals surface area contributed by atoms with Crippen molar-refractivity contribution in [2.75, 3.05) is 18.5 Å². The van der Waals surface area contributed by atoms with Gasteiger partial charge in [0.05, 0.1) is 17.8 Å². The van der Waals surface area contributed by atoms with Crippen LogP contribution in [0.25, 0.3) is 0 Å². The normalized spacial score (nSPS) is 12.7. The maximum Gasteiger partial charge on any atom is 0.254 e.